The quantitative estimate of drug-likeness (QED) is 0.824. The molecule has 0 saturated heterocycles. The van der Waals surface area contributed by atoms with Crippen molar-refractivity contribution in [3.8, 4) is 0 Å². The molecule has 5 heteroatoms. The van der Waals surface area contributed by atoms with Crippen molar-refractivity contribution >= 4 is 22.9 Å². The highest BCUT2D eigenvalue weighted by atomic mass is 32.1. The molecule has 3 N–H and O–H groups in total. The van der Waals surface area contributed by atoms with E-state index in [2.05, 4.69) is 22.2 Å². The smallest absolute Gasteiger partial charge is 0.106 e. The lowest BCUT2D eigenvalue weighted by Gasteiger charge is -2.17. The van der Waals surface area contributed by atoms with Crippen LogP contribution in [0.25, 0.3) is 0 Å². The van der Waals surface area contributed by atoms with Crippen molar-refractivity contribution < 1.29 is 0 Å². The van der Waals surface area contributed by atoms with Crippen molar-refractivity contribution in [1.82, 2.24) is 9.97 Å². The molecule has 0 aromatic carbocycles. The first-order chi connectivity index (χ1) is 8.68. The van der Waals surface area contributed by atoms with Gasteiger partial charge in [0.05, 0.1) is 11.9 Å². The van der Waals surface area contributed by atoms with Gasteiger partial charge in [0, 0.05) is 30.2 Å². The molecule has 0 aliphatic carbocycles. The van der Waals surface area contributed by atoms with Crippen LogP contribution in [0.15, 0.2) is 43.0 Å². The first-order valence-corrected chi connectivity index (χ1v) is 5.99. The molecule has 2 heterocycles. The van der Waals surface area contributed by atoms with Gasteiger partial charge in [-0.3, -0.25) is 9.97 Å². The van der Waals surface area contributed by atoms with Gasteiger partial charge >= 0.3 is 0 Å². The van der Waals surface area contributed by atoms with E-state index in [-0.39, 0.29) is 6.04 Å². The minimum absolute atomic E-state index is 0.130. The van der Waals surface area contributed by atoms with Gasteiger partial charge in [-0.05, 0) is 30.7 Å². The summed E-state index contributed by atoms with van der Waals surface area (Å²) in [6.07, 6.45) is 6.94. The van der Waals surface area contributed by atoms with Crippen LogP contribution in [-0.2, 0) is 0 Å². The van der Waals surface area contributed by atoms with Gasteiger partial charge in [0.15, 0.2) is 0 Å². The Morgan fingerprint density at radius 1 is 1.22 bits per heavy atom. The second kappa shape index (κ2) is 5.55. The summed E-state index contributed by atoms with van der Waals surface area (Å²) in [5, 5.41) is 3.35. The third kappa shape index (κ3) is 2.81. The lowest BCUT2D eigenvalue weighted by atomic mass is 10.1. The number of pyridine rings is 2. The Balaban J connectivity index is 2.22. The van der Waals surface area contributed by atoms with Crippen molar-refractivity contribution in [1.29, 1.82) is 0 Å². The number of hydrogen-bond acceptors (Lipinski definition) is 4. The molecule has 2 aromatic rings. The minimum atomic E-state index is 0.130. The van der Waals surface area contributed by atoms with Crippen LogP contribution in [0.2, 0.25) is 0 Å². The number of nitrogens with two attached hydrogens (primary N) is 1. The van der Waals surface area contributed by atoms with Crippen LogP contribution in [0.3, 0.4) is 0 Å². The zero-order valence-electron chi connectivity index (χ0n) is 10.00. The van der Waals surface area contributed by atoms with Crippen LogP contribution >= 0.6 is 12.2 Å². The van der Waals surface area contributed by atoms with Gasteiger partial charge in [0.25, 0.3) is 0 Å². The van der Waals surface area contributed by atoms with E-state index >= 15 is 0 Å². The standard InChI is InChI=1S/C13H14N4S/c1-9(10-2-5-15-6-3-10)17-12-8-16-7-4-11(12)13(14)18/h2-9,17H,1H3,(H2,14,18). The maximum Gasteiger partial charge on any atom is 0.106 e. The highest BCUT2D eigenvalue weighted by molar-refractivity contribution is 7.80. The van der Waals surface area contributed by atoms with Crippen molar-refractivity contribution in [3.63, 3.8) is 0 Å². The SMILES string of the molecule is CC(Nc1cnccc1C(N)=S)c1ccncc1. The number of thiocarbonyl (C=S) groups is 1. The Hall–Kier alpha value is -2.01. The number of nitrogens with one attached hydrogen (secondary N) is 1. The fraction of sp³-hybridized carbons (Fsp3) is 0.154. The highest BCUT2D eigenvalue weighted by Gasteiger charge is 2.09. The monoisotopic (exact) mass is 258 g/mol. The first kappa shape index (κ1) is 12.4. The van der Waals surface area contributed by atoms with E-state index in [1.54, 1.807) is 24.8 Å². The zero-order valence-corrected chi connectivity index (χ0v) is 10.8. The summed E-state index contributed by atoms with van der Waals surface area (Å²) in [5.74, 6) is 0. The van der Waals surface area contributed by atoms with Gasteiger partial charge in [-0.1, -0.05) is 12.2 Å². The molecule has 1 atom stereocenters. The maximum absolute atomic E-state index is 5.68. The van der Waals surface area contributed by atoms with E-state index < -0.39 is 0 Å². The minimum Gasteiger partial charge on any atom is -0.389 e. The summed E-state index contributed by atoms with van der Waals surface area (Å²) in [5.41, 5.74) is 8.47. The molecule has 2 aromatic heterocycles. The van der Waals surface area contributed by atoms with E-state index in [0.717, 1.165) is 16.8 Å². The van der Waals surface area contributed by atoms with Crippen LogP contribution in [0.4, 0.5) is 5.69 Å². The van der Waals surface area contributed by atoms with Crippen molar-refractivity contribution in [2.75, 3.05) is 5.32 Å². The largest absolute Gasteiger partial charge is 0.389 e. The Morgan fingerprint density at radius 2 is 1.89 bits per heavy atom. The molecule has 2 rings (SSSR count). The van der Waals surface area contributed by atoms with E-state index in [0.29, 0.717) is 4.99 Å². The normalized spacial score (nSPS) is 11.8. The molecule has 0 spiro atoms. The van der Waals surface area contributed by atoms with Gasteiger partial charge in [-0.25, -0.2) is 0 Å². The maximum atomic E-state index is 5.68. The molecule has 0 aliphatic heterocycles. The summed E-state index contributed by atoms with van der Waals surface area (Å²) in [4.78, 5) is 8.45. The third-order valence-corrected chi connectivity index (χ3v) is 2.88. The van der Waals surface area contributed by atoms with Crippen molar-refractivity contribution in [3.05, 3.63) is 54.1 Å². The summed E-state index contributed by atoms with van der Waals surface area (Å²) in [6, 6.07) is 5.87. The zero-order chi connectivity index (χ0) is 13.0. The topological polar surface area (TPSA) is 63.8 Å². The summed E-state index contributed by atoms with van der Waals surface area (Å²) >= 11 is 5.02. The Morgan fingerprint density at radius 3 is 2.56 bits per heavy atom. The Kier molecular flexibility index (Phi) is 3.84. The van der Waals surface area contributed by atoms with Gasteiger partial charge in [-0.15, -0.1) is 0 Å². The second-order valence-corrected chi connectivity index (χ2v) is 4.37. The van der Waals surface area contributed by atoms with Crippen LogP contribution in [-0.4, -0.2) is 15.0 Å². The summed E-state index contributed by atoms with van der Waals surface area (Å²) in [6.45, 7) is 2.06. The van der Waals surface area contributed by atoms with E-state index in [1.165, 1.54) is 0 Å². The third-order valence-electron chi connectivity index (χ3n) is 2.66. The molecule has 18 heavy (non-hydrogen) atoms. The molecule has 0 amide bonds. The van der Waals surface area contributed by atoms with Gasteiger partial charge < -0.3 is 11.1 Å². The van der Waals surface area contributed by atoms with Crippen molar-refractivity contribution in [2.24, 2.45) is 5.73 Å². The molecule has 0 aliphatic rings. The predicted octanol–water partition coefficient (Wildman–Crippen LogP) is 2.28. The molecule has 92 valence electrons. The second-order valence-electron chi connectivity index (χ2n) is 3.93. The number of anilines is 1. The lowest BCUT2D eigenvalue weighted by Crippen LogP contribution is -2.15. The molecular formula is C13H14N4S. The van der Waals surface area contributed by atoms with Crippen LogP contribution in [0.5, 0.6) is 0 Å². The molecule has 0 fully saturated rings. The lowest BCUT2D eigenvalue weighted by molar-refractivity contribution is 0.878. The first-order valence-electron chi connectivity index (χ1n) is 5.58. The van der Waals surface area contributed by atoms with Crippen LogP contribution in [0, 0.1) is 0 Å². The molecular weight excluding hydrogens is 244 g/mol. The van der Waals surface area contributed by atoms with E-state index in [1.807, 2.05) is 18.2 Å². The fourth-order valence-electron chi connectivity index (χ4n) is 1.69. The van der Waals surface area contributed by atoms with Gasteiger partial charge in [-0.2, -0.15) is 0 Å². The summed E-state index contributed by atoms with van der Waals surface area (Å²) in [7, 11) is 0. The average Bonchev–Trinajstić information content (AvgIpc) is 2.40. The van der Waals surface area contributed by atoms with Gasteiger partial charge in [0.1, 0.15) is 4.99 Å². The average molecular weight is 258 g/mol. The van der Waals surface area contributed by atoms with Crippen molar-refractivity contribution in [2.45, 2.75) is 13.0 Å². The predicted molar refractivity (Wildman–Crippen MR) is 76.4 cm³/mol. The van der Waals surface area contributed by atoms with E-state index in [4.69, 9.17) is 18.0 Å². The summed E-state index contributed by atoms with van der Waals surface area (Å²) < 4.78 is 0. The molecule has 0 bridgehead atoms. The fourth-order valence-corrected chi connectivity index (χ4v) is 1.87. The number of hydrogen-bond donors (Lipinski definition) is 2. The molecule has 0 radical (unpaired) electrons. The number of aromatic nitrogens is 2. The van der Waals surface area contributed by atoms with Gasteiger partial charge in [0.2, 0.25) is 0 Å². The van der Waals surface area contributed by atoms with E-state index in [9.17, 15) is 0 Å². The molecule has 0 saturated carbocycles. The Labute approximate surface area is 111 Å². The number of rotatable bonds is 4. The van der Waals surface area contributed by atoms with Crippen LogP contribution < -0.4 is 11.1 Å². The van der Waals surface area contributed by atoms with Crippen LogP contribution in [0.1, 0.15) is 24.1 Å². The molecule has 1 unspecified atom stereocenters. The molecule has 4 nitrogen and oxygen atoms in total. The Bertz CT molecular complexity index is 542. The highest BCUT2D eigenvalue weighted by Crippen LogP contribution is 2.21. The number of nitrogens with zero attached hydrogens (tertiary/aromatic N) is 2.